The molecule has 1 saturated heterocycles. The summed E-state index contributed by atoms with van der Waals surface area (Å²) in [5, 5.41) is 5.51. The molecule has 2 aromatic heterocycles. The van der Waals surface area contributed by atoms with E-state index in [9.17, 15) is 4.79 Å². The number of amides is 1. The third-order valence-electron chi connectivity index (χ3n) is 4.58. The molecule has 1 fully saturated rings. The molecule has 0 aliphatic carbocycles. The monoisotopic (exact) mass is 364 g/mol. The van der Waals surface area contributed by atoms with E-state index in [4.69, 9.17) is 0 Å². The van der Waals surface area contributed by atoms with Gasteiger partial charge in [-0.2, -0.15) is 0 Å². The summed E-state index contributed by atoms with van der Waals surface area (Å²) in [5.74, 6) is 0.601. The number of rotatable bonds is 4. The number of carbonyl (C=O) groups is 1. The summed E-state index contributed by atoms with van der Waals surface area (Å²) in [4.78, 5) is 24.0. The molecule has 26 heavy (non-hydrogen) atoms. The van der Waals surface area contributed by atoms with Crippen molar-refractivity contribution in [3.63, 3.8) is 0 Å². The lowest BCUT2D eigenvalue weighted by molar-refractivity contribution is 0.102. The highest BCUT2D eigenvalue weighted by Crippen LogP contribution is 2.28. The molecule has 0 radical (unpaired) electrons. The molecule has 3 heterocycles. The Morgan fingerprint density at radius 1 is 1.15 bits per heavy atom. The Morgan fingerprint density at radius 2 is 1.96 bits per heavy atom. The first-order valence-electron chi connectivity index (χ1n) is 8.75. The zero-order valence-electron chi connectivity index (χ0n) is 14.6. The number of nitrogens with zero attached hydrogens (tertiary/aromatic N) is 3. The highest BCUT2D eigenvalue weighted by molar-refractivity contribution is 7.14. The van der Waals surface area contributed by atoms with Gasteiger partial charge < -0.3 is 4.90 Å². The molecule has 0 saturated carbocycles. The van der Waals surface area contributed by atoms with E-state index in [-0.39, 0.29) is 5.91 Å². The minimum absolute atomic E-state index is 0.161. The van der Waals surface area contributed by atoms with E-state index in [0.29, 0.717) is 10.7 Å². The predicted molar refractivity (Wildman–Crippen MR) is 106 cm³/mol. The Labute approximate surface area is 156 Å². The second-order valence-corrected chi connectivity index (χ2v) is 7.23. The molecule has 1 amide bonds. The smallest absolute Gasteiger partial charge is 0.261 e. The van der Waals surface area contributed by atoms with Crippen molar-refractivity contribution in [3.05, 3.63) is 59.1 Å². The van der Waals surface area contributed by atoms with E-state index in [2.05, 4.69) is 33.2 Å². The van der Waals surface area contributed by atoms with Crippen LogP contribution in [0.4, 0.5) is 10.9 Å². The third kappa shape index (κ3) is 3.32. The maximum absolute atomic E-state index is 12.8. The molecule has 1 aliphatic heterocycles. The lowest BCUT2D eigenvalue weighted by Gasteiger charge is -2.19. The van der Waals surface area contributed by atoms with Crippen molar-refractivity contribution >= 4 is 28.2 Å². The largest absolute Gasteiger partial charge is 0.356 e. The van der Waals surface area contributed by atoms with Gasteiger partial charge in [-0.25, -0.2) is 9.97 Å². The first-order valence-corrected chi connectivity index (χ1v) is 9.63. The normalized spacial score (nSPS) is 13.8. The first kappa shape index (κ1) is 16.7. The van der Waals surface area contributed by atoms with Crippen molar-refractivity contribution < 1.29 is 4.79 Å². The number of hydrogen-bond acceptors (Lipinski definition) is 5. The maximum Gasteiger partial charge on any atom is 0.261 e. The third-order valence-corrected chi connectivity index (χ3v) is 5.34. The summed E-state index contributed by atoms with van der Waals surface area (Å²) in [6, 6.07) is 11.7. The highest BCUT2D eigenvalue weighted by Gasteiger charge is 2.21. The Kier molecular flexibility index (Phi) is 4.67. The van der Waals surface area contributed by atoms with E-state index in [1.807, 2.05) is 29.6 Å². The van der Waals surface area contributed by atoms with Crippen LogP contribution < -0.4 is 10.2 Å². The molecule has 0 spiro atoms. The summed E-state index contributed by atoms with van der Waals surface area (Å²) in [6.45, 7) is 3.96. The van der Waals surface area contributed by atoms with Crippen molar-refractivity contribution in [1.29, 1.82) is 0 Å². The topological polar surface area (TPSA) is 58.1 Å². The number of aryl methyl sites for hydroxylation is 1. The van der Waals surface area contributed by atoms with Crippen molar-refractivity contribution in [3.8, 4) is 11.3 Å². The van der Waals surface area contributed by atoms with E-state index < -0.39 is 0 Å². The number of anilines is 2. The molecule has 1 N–H and O–H groups in total. The summed E-state index contributed by atoms with van der Waals surface area (Å²) < 4.78 is 0. The average molecular weight is 364 g/mol. The molecule has 0 bridgehead atoms. The molecule has 1 aliphatic rings. The van der Waals surface area contributed by atoms with Gasteiger partial charge in [-0.05, 0) is 37.5 Å². The fourth-order valence-corrected chi connectivity index (χ4v) is 3.94. The van der Waals surface area contributed by atoms with Crippen LogP contribution in [-0.4, -0.2) is 29.0 Å². The standard InChI is InChI=1S/C20H20N4OS/c1-14-7-2-3-8-15(14)17-13-26-20(22-17)23-19(25)16-9-6-10-21-18(16)24-11-4-5-12-24/h2-3,6-10,13H,4-5,11-12H2,1H3,(H,22,23,25). The second kappa shape index (κ2) is 7.25. The van der Waals surface area contributed by atoms with Crippen LogP contribution in [0.25, 0.3) is 11.3 Å². The number of nitrogens with one attached hydrogen (secondary N) is 1. The quantitative estimate of drug-likeness (QED) is 0.747. The number of aromatic nitrogens is 2. The molecular formula is C20H20N4OS. The maximum atomic E-state index is 12.8. The van der Waals surface area contributed by atoms with Crippen LogP contribution in [0.5, 0.6) is 0 Å². The fourth-order valence-electron chi connectivity index (χ4n) is 3.23. The molecule has 6 heteroatoms. The van der Waals surface area contributed by atoms with Gasteiger partial charge in [0.1, 0.15) is 5.82 Å². The van der Waals surface area contributed by atoms with E-state index >= 15 is 0 Å². The van der Waals surface area contributed by atoms with Crippen LogP contribution in [0, 0.1) is 6.92 Å². The lowest BCUT2D eigenvalue weighted by Crippen LogP contribution is -2.24. The van der Waals surface area contributed by atoms with Gasteiger partial charge >= 0.3 is 0 Å². The van der Waals surface area contributed by atoms with E-state index in [1.54, 1.807) is 12.3 Å². The van der Waals surface area contributed by atoms with Crippen LogP contribution in [0.1, 0.15) is 28.8 Å². The van der Waals surface area contributed by atoms with Gasteiger partial charge in [-0.1, -0.05) is 24.3 Å². The molecule has 0 unspecified atom stereocenters. The summed E-state index contributed by atoms with van der Waals surface area (Å²) in [7, 11) is 0. The molecule has 4 rings (SSSR count). The molecular weight excluding hydrogens is 344 g/mol. The fraction of sp³-hybridized carbons (Fsp3) is 0.250. The van der Waals surface area contributed by atoms with Gasteiger partial charge in [-0.3, -0.25) is 10.1 Å². The van der Waals surface area contributed by atoms with Gasteiger partial charge in [0.05, 0.1) is 11.3 Å². The molecule has 3 aromatic rings. The Hall–Kier alpha value is -2.73. The van der Waals surface area contributed by atoms with Crippen molar-refractivity contribution in [2.75, 3.05) is 23.3 Å². The lowest BCUT2D eigenvalue weighted by atomic mass is 10.1. The number of carbonyl (C=O) groups excluding carboxylic acids is 1. The minimum atomic E-state index is -0.161. The minimum Gasteiger partial charge on any atom is -0.356 e. The van der Waals surface area contributed by atoms with Crippen LogP contribution in [0.15, 0.2) is 48.0 Å². The van der Waals surface area contributed by atoms with Gasteiger partial charge in [0.2, 0.25) is 0 Å². The van der Waals surface area contributed by atoms with Crippen LogP contribution in [0.3, 0.4) is 0 Å². The number of benzene rings is 1. The van der Waals surface area contributed by atoms with Crippen LogP contribution in [0.2, 0.25) is 0 Å². The van der Waals surface area contributed by atoms with Gasteiger partial charge in [-0.15, -0.1) is 11.3 Å². The predicted octanol–water partition coefficient (Wildman–Crippen LogP) is 4.37. The van der Waals surface area contributed by atoms with Gasteiger partial charge in [0.25, 0.3) is 5.91 Å². The number of hydrogen-bond donors (Lipinski definition) is 1. The Balaban J connectivity index is 1.56. The Morgan fingerprint density at radius 3 is 2.77 bits per heavy atom. The highest BCUT2D eigenvalue weighted by atomic mass is 32.1. The average Bonchev–Trinajstić information content (AvgIpc) is 3.34. The van der Waals surface area contributed by atoms with Gasteiger partial charge in [0, 0.05) is 30.2 Å². The van der Waals surface area contributed by atoms with Crippen LogP contribution >= 0.6 is 11.3 Å². The van der Waals surface area contributed by atoms with Crippen molar-refractivity contribution in [1.82, 2.24) is 9.97 Å². The zero-order valence-corrected chi connectivity index (χ0v) is 15.4. The van der Waals surface area contributed by atoms with Gasteiger partial charge in [0.15, 0.2) is 5.13 Å². The molecule has 132 valence electrons. The summed E-state index contributed by atoms with van der Waals surface area (Å²) in [5.41, 5.74) is 3.74. The zero-order chi connectivity index (χ0) is 17.9. The molecule has 0 atom stereocenters. The summed E-state index contributed by atoms with van der Waals surface area (Å²) in [6.07, 6.45) is 4.03. The van der Waals surface area contributed by atoms with E-state index in [0.717, 1.165) is 43.0 Å². The van der Waals surface area contributed by atoms with Crippen LogP contribution in [-0.2, 0) is 0 Å². The van der Waals surface area contributed by atoms with Crippen molar-refractivity contribution in [2.45, 2.75) is 19.8 Å². The molecule has 5 nitrogen and oxygen atoms in total. The summed E-state index contributed by atoms with van der Waals surface area (Å²) >= 11 is 1.44. The Bertz CT molecular complexity index is 931. The number of thiazole rings is 1. The first-order chi connectivity index (χ1) is 12.7. The molecule has 1 aromatic carbocycles. The SMILES string of the molecule is Cc1ccccc1-c1csc(NC(=O)c2cccnc2N2CCCC2)n1. The second-order valence-electron chi connectivity index (χ2n) is 6.38. The van der Waals surface area contributed by atoms with Crippen molar-refractivity contribution in [2.24, 2.45) is 0 Å². The van der Waals surface area contributed by atoms with E-state index in [1.165, 1.54) is 16.9 Å². The number of pyridine rings is 1.